The third kappa shape index (κ3) is 4.80. The van der Waals surface area contributed by atoms with Crippen molar-refractivity contribution < 1.29 is 22.6 Å². The molecule has 0 spiro atoms. The zero-order chi connectivity index (χ0) is 22.7. The van der Waals surface area contributed by atoms with Crippen molar-refractivity contribution in [2.75, 3.05) is 35.7 Å². The molecule has 1 aromatic carbocycles. The zero-order valence-corrected chi connectivity index (χ0v) is 17.0. The first-order valence-corrected chi connectivity index (χ1v) is 9.73. The van der Waals surface area contributed by atoms with Crippen molar-refractivity contribution in [2.45, 2.75) is 19.6 Å². The van der Waals surface area contributed by atoms with E-state index in [4.69, 9.17) is 10.5 Å². The quantitative estimate of drug-likeness (QED) is 0.588. The fraction of sp³-hybridized carbons (Fsp3) is 0.300. The number of nitrogens with one attached hydrogen (secondary N) is 1. The summed E-state index contributed by atoms with van der Waals surface area (Å²) in [5.41, 5.74) is 6.99. The Morgan fingerprint density at radius 2 is 2.03 bits per heavy atom. The topological polar surface area (TPSA) is 111 Å². The number of ether oxygens (including phenoxy) is 2. The first-order valence-electron chi connectivity index (χ1n) is 9.73. The van der Waals surface area contributed by atoms with Crippen LogP contribution < -0.4 is 20.7 Å². The number of rotatable bonds is 6. The second-order valence-electron chi connectivity index (χ2n) is 7.04. The van der Waals surface area contributed by atoms with Crippen LogP contribution >= 0.6 is 0 Å². The lowest BCUT2D eigenvalue weighted by Gasteiger charge is -2.33. The Hall–Kier alpha value is -3.67. The van der Waals surface area contributed by atoms with Crippen molar-refractivity contribution >= 4 is 23.4 Å². The zero-order valence-electron chi connectivity index (χ0n) is 17.0. The van der Waals surface area contributed by atoms with E-state index in [0.717, 1.165) is 6.20 Å². The van der Waals surface area contributed by atoms with Gasteiger partial charge in [-0.15, -0.1) is 10.2 Å². The summed E-state index contributed by atoms with van der Waals surface area (Å²) in [6.07, 6.45) is 1.08. The van der Waals surface area contributed by atoms with Gasteiger partial charge in [0.1, 0.15) is 5.75 Å². The molecule has 1 atom stereocenters. The fourth-order valence-corrected chi connectivity index (χ4v) is 3.24. The molecule has 3 aromatic rings. The van der Waals surface area contributed by atoms with Gasteiger partial charge in [0.15, 0.2) is 23.3 Å². The summed E-state index contributed by atoms with van der Waals surface area (Å²) in [5, 5.41) is 10.6. The van der Waals surface area contributed by atoms with Gasteiger partial charge in [-0.05, 0) is 30.7 Å². The molecule has 12 heteroatoms. The van der Waals surface area contributed by atoms with Gasteiger partial charge in [0.05, 0.1) is 25.5 Å². The van der Waals surface area contributed by atoms with Gasteiger partial charge in [0.25, 0.3) is 0 Å². The minimum Gasteiger partial charge on any atom is -0.435 e. The first-order chi connectivity index (χ1) is 15.4. The van der Waals surface area contributed by atoms with Crippen molar-refractivity contribution in [3.8, 4) is 16.9 Å². The van der Waals surface area contributed by atoms with E-state index in [9.17, 15) is 13.2 Å². The maximum absolute atomic E-state index is 14.4. The van der Waals surface area contributed by atoms with Crippen LogP contribution in [0.5, 0.6) is 5.75 Å². The minimum atomic E-state index is -2.92. The number of alkyl halides is 2. The third-order valence-electron chi connectivity index (χ3n) is 4.82. The molecule has 2 aromatic heterocycles. The van der Waals surface area contributed by atoms with E-state index in [1.807, 2.05) is 11.8 Å². The Bertz CT molecular complexity index is 1090. The highest BCUT2D eigenvalue weighted by Crippen LogP contribution is 2.29. The molecule has 1 fully saturated rings. The second-order valence-corrected chi connectivity index (χ2v) is 7.04. The molecule has 1 unspecified atom stereocenters. The third-order valence-corrected chi connectivity index (χ3v) is 4.82. The molecule has 1 aliphatic heterocycles. The maximum Gasteiger partial charge on any atom is 0.387 e. The van der Waals surface area contributed by atoms with Crippen LogP contribution in [0.15, 0.2) is 36.5 Å². The van der Waals surface area contributed by atoms with Crippen LogP contribution in [0.2, 0.25) is 0 Å². The number of aromatic nitrogens is 4. The largest absolute Gasteiger partial charge is 0.435 e. The summed E-state index contributed by atoms with van der Waals surface area (Å²) in [7, 11) is 0. The number of nitrogen functional groups attached to an aromatic ring is 1. The molecule has 168 valence electrons. The number of benzene rings is 1. The van der Waals surface area contributed by atoms with Gasteiger partial charge < -0.3 is 25.4 Å². The van der Waals surface area contributed by atoms with Crippen molar-refractivity contribution in [3.63, 3.8) is 0 Å². The number of hydrogen-bond acceptors (Lipinski definition) is 9. The number of halogens is 3. The Morgan fingerprint density at radius 3 is 2.75 bits per heavy atom. The van der Waals surface area contributed by atoms with Crippen molar-refractivity contribution in [1.29, 1.82) is 0 Å². The number of anilines is 4. The van der Waals surface area contributed by atoms with E-state index in [-0.39, 0.29) is 29.2 Å². The smallest absolute Gasteiger partial charge is 0.387 e. The van der Waals surface area contributed by atoms with E-state index in [1.165, 1.54) is 12.1 Å². The molecular formula is C20H20F3N7O2. The van der Waals surface area contributed by atoms with E-state index >= 15 is 0 Å². The SMILES string of the molecule is CC1COCCN1c1ncc(F)c(Nc2cc(-c3ccc(OC(F)F)cc3)c(N)nn2)n1. The lowest BCUT2D eigenvalue weighted by atomic mass is 10.1. The molecule has 0 radical (unpaired) electrons. The molecule has 0 aliphatic carbocycles. The minimum absolute atomic E-state index is 0.00983. The molecule has 0 bridgehead atoms. The van der Waals surface area contributed by atoms with Gasteiger partial charge >= 0.3 is 6.61 Å². The summed E-state index contributed by atoms with van der Waals surface area (Å²) < 4.78 is 48.9. The second kappa shape index (κ2) is 9.22. The average Bonchev–Trinajstić information content (AvgIpc) is 2.77. The normalized spacial score (nSPS) is 16.3. The fourth-order valence-electron chi connectivity index (χ4n) is 3.24. The van der Waals surface area contributed by atoms with Crippen molar-refractivity contribution in [3.05, 3.63) is 42.3 Å². The highest BCUT2D eigenvalue weighted by molar-refractivity contribution is 5.76. The van der Waals surface area contributed by atoms with E-state index in [1.54, 1.807) is 18.2 Å². The molecule has 1 aliphatic rings. The van der Waals surface area contributed by atoms with E-state index < -0.39 is 12.4 Å². The highest BCUT2D eigenvalue weighted by Gasteiger charge is 2.22. The summed E-state index contributed by atoms with van der Waals surface area (Å²) in [4.78, 5) is 10.3. The number of nitrogens with zero attached hydrogens (tertiary/aromatic N) is 5. The van der Waals surface area contributed by atoms with Crippen LogP contribution in [-0.2, 0) is 4.74 Å². The van der Waals surface area contributed by atoms with Gasteiger partial charge in [-0.2, -0.15) is 13.8 Å². The molecular weight excluding hydrogens is 427 g/mol. The van der Waals surface area contributed by atoms with Gasteiger partial charge in [-0.25, -0.2) is 9.37 Å². The molecule has 0 saturated carbocycles. The Kier molecular flexibility index (Phi) is 6.21. The summed E-state index contributed by atoms with van der Waals surface area (Å²) in [5.74, 6) is -0.0500. The molecule has 9 nitrogen and oxygen atoms in total. The first kappa shape index (κ1) is 21.6. The molecule has 1 saturated heterocycles. The number of nitrogens with two attached hydrogens (primary N) is 1. The summed E-state index contributed by atoms with van der Waals surface area (Å²) in [6.45, 7) is 0.689. The molecule has 3 heterocycles. The van der Waals surface area contributed by atoms with Gasteiger partial charge in [0.2, 0.25) is 5.95 Å². The standard InChI is InChI=1S/C20H20F3N7O2/c1-11-10-31-7-6-30(11)20-25-9-15(21)18(27-20)26-16-8-14(17(24)29-28-16)12-2-4-13(5-3-12)32-19(22)23/h2-5,8-9,11,19H,6-7,10H2,1H3,(H2,24,29)(H,25,26,27,28). The molecule has 32 heavy (non-hydrogen) atoms. The maximum atomic E-state index is 14.4. The van der Waals surface area contributed by atoms with Gasteiger partial charge in [0, 0.05) is 12.1 Å². The molecule has 4 rings (SSSR count). The Morgan fingerprint density at radius 1 is 1.25 bits per heavy atom. The predicted molar refractivity (Wildman–Crippen MR) is 111 cm³/mol. The number of morpholine rings is 1. The predicted octanol–water partition coefficient (Wildman–Crippen LogP) is 3.23. The van der Waals surface area contributed by atoms with Crippen LogP contribution in [0.25, 0.3) is 11.1 Å². The van der Waals surface area contributed by atoms with Crippen LogP contribution in [0.4, 0.5) is 36.6 Å². The molecule has 0 amide bonds. The monoisotopic (exact) mass is 447 g/mol. The highest BCUT2D eigenvalue weighted by atomic mass is 19.3. The summed E-state index contributed by atoms with van der Waals surface area (Å²) >= 11 is 0. The average molecular weight is 447 g/mol. The van der Waals surface area contributed by atoms with E-state index in [0.29, 0.717) is 36.8 Å². The van der Waals surface area contributed by atoms with Crippen molar-refractivity contribution in [2.24, 2.45) is 0 Å². The van der Waals surface area contributed by atoms with Crippen molar-refractivity contribution in [1.82, 2.24) is 20.2 Å². The molecule has 3 N–H and O–H groups in total. The van der Waals surface area contributed by atoms with Crippen LogP contribution in [-0.4, -0.2) is 52.6 Å². The van der Waals surface area contributed by atoms with Gasteiger partial charge in [-0.1, -0.05) is 12.1 Å². The Labute approximate surface area is 181 Å². The lowest BCUT2D eigenvalue weighted by Crippen LogP contribution is -2.44. The Balaban J connectivity index is 1.58. The van der Waals surface area contributed by atoms with Crippen LogP contribution in [0.1, 0.15) is 6.92 Å². The van der Waals surface area contributed by atoms with Crippen LogP contribution in [0, 0.1) is 5.82 Å². The number of hydrogen-bond donors (Lipinski definition) is 2. The summed E-state index contributed by atoms with van der Waals surface area (Å²) in [6, 6.07) is 7.48. The van der Waals surface area contributed by atoms with E-state index in [2.05, 4.69) is 30.2 Å². The lowest BCUT2D eigenvalue weighted by molar-refractivity contribution is -0.0498. The van der Waals surface area contributed by atoms with Gasteiger partial charge in [-0.3, -0.25) is 0 Å². The van der Waals surface area contributed by atoms with Crippen LogP contribution in [0.3, 0.4) is 0 Å².